The van der Waals surface area contributed by atoms with Crippen molar-refractivity contribution in [2.24, 2.45) is 5.92 Å². The molecular formula is C25H34N4O2. The molecule has 31 heavy (non-hydrogen) atoms. The van der Waals surface area contributed by atoms with Crippen LogP contribution in [0.2, 0.25) is 0 Å². The molecule has 0 aromatic heterocycles. The van der Waals surface area contributed by atoms with Crippen molar-refractivity contribution in [1.29, 1.82) is 0 Å². The second-order valence-corrected chi connectivity index (χ2v) is 8.24. The first-order valence-electron chi connectivity index (χ1n) is 11.2. The molecule has 1 saturated heterocycles. The van der Waals surface area contributed by atoms with Gasteiger partial charge in [0.1, 0.15) is 0 Å². The molecule has 3 rings (SSSR count). The third kappa shape index (κ3) is 6.82. The third-order valence-electron chi connectivity index (χ3n) is 5.82. The molecular weight excluding hydrogens is 388 g/mol. The van der Waals surface area contributed by atoms with Gasteiger partial charge < -0.3 is 15.5 Å². The first-order chi connectivity index (χ1) is 15.1. The van der Waals surface area contributed by atoms with Crippen LogP contribution in [0.1, 0.15) is 26.7 Å². The number of amides is 2. The predicted octanol–water partition coefficient (Wildman–Crippen LogP) is 3.37. The van der Waals surface area contributed by atoms with Gasteiger partial charge in [0.25, 0.3) is 0 Å². The minimum atomic E-state index is -0.383. The summed E-state index contributed by atoms with van der Waals surface area (Å²) in [6.45, 7) is 7.49. The summed E-state index contributed by atoms with van der Waals surface area (Å²) in [4.78, 5) is 29.6. The summed E-state index contributed by atoms with van der Waals surface area (Å²) in [5.74, 6) is 0.329. The molecule has 0 saturated carbocycles. The Morgan fingerprint density at radius 2 is 1.77 bits per heavy atom. The van der Waals surface area contributed by atoms with E-state index >= 15 is 0 Å². The molecule has 0 spiro atoms. The Balaban J connectivity index is 1.46. The molecule has 2 aromatic carbocycles. The van der Waals surface area contributed by atoms with Crippen molar-refractivity contribution in [1.82, 2.24) is 10.2 Å². The van der Waals surface area contributed by atoms with Crippen LogP contribution in [-0.2, 0) is 9.59 Å². The summed E-state index contributed by atoms with van der Waals surface area (Å²) in [7, 11) is 0. The summed E-state index contributed by atoms with van der Waals surface area (Å²) in [5, 5.41) is 6.02. The zero-order chi connectivity index (χ0) is 22.1. The molecule has 166 valence electrons. The second kappa shape index (κ2) is 11.5. The summed E-state index contributed by atoms with van der Waals surface area (Å²) in [6, 6.07) is 19.4. The lowest BCUT2D eigenvalue weighted by atomic mass is 10.1. The molecule has 2 unspecified atom stereocenters. The average Bonchev–Trinajstić information content (AvgIpc) is 3.27. The number of para-hydroxylation sites is 2. The number of rotatable bonds is 10. The number of benzene rings is 2. The summed E-state index contributed by atoms with van der Waals surface area (Å²) < 4.78 is 0. The number of carbonyl (C=O) groups excluding carboxylic acids is 2. The zero-order valence-corrected chi connectivity index (χ0v) is 18.6. The Kier molecular flexibility index (Phi) is 8.47. The first-order valence-corrected chi connectivity index (χ1v) is 11.2. The van der Waals surface area contributed by atoms with Crippen LogP contribution in [0, 0.1) is 5.92 Å². The molecule has 2 aromatic rings. The maximum atomic E-state index is 12.7. The van der Waals surface area contributed by atoms with Crippen molar-refractivity contribution in [3.05, 3.63) is 60.7 Å². The molecule has 0 bridgehead atoms. The van der Waals surface area contributed by atoms with Gasteiger partial charge in [-0.2, -0.15) is 0 Å². The minimum absolute atomic E-state index is 0.0222. The number of carbonyl (C=O) groups is 2. The maximum absolute atomic E-state index is 12.7. The fourth-order valence-electron chi connectivity index (χ4n) is 4.00. The van der Waals surface area contributed by atoms with Crippen LogP contribution in [0.4, 0.5) is 11.4 Å². The smallest absolute Gasteiger partial charge is 0.241 e. The molecule has 2 atom stereocenters. The maximum Gasteiger partial charge on any atom is 0.241 e. The highest BCUT2D eigenvalue weighted by Crippen LogP contribution is 2.22. The zero-order valence-electron chi connectivity index (χ0n) is 18.6. The van der Waals surface area contributed by atoms with E-state index in [1.807, 2.05) is 48.2 Å². The van der Waals surface area contributed by atoms with Crippen LogP contribution >= 0.6 is 0 Å². The van der Waals surface area contributed by atoms with Crippen LogP contribution in [0.3, 0.4) is 0 Å². The predicted molar refractivity (Wildman–Crippen MR) is 126 cm³/mol. The molecule has 2 N–H and O–H groups in total. The van der Waals surface area contributed by atoms with E-state index in [0.717, 1.165) is 31.6 Å². The van der Waals surface area contributed by atoms with Crippen LogP contribution in [0.25, 0.3) is 0 Å². The number of hydrogen-bond donors (Lipinski definition) is 2. The van der Waals surface area contributed by atoms with Crippen LogP contribution < -0.4 is 15.5 Å². The van der Waals surface area contributed by atoms with E-state index in [1.54, 1.807) is 0 Å². The number of anilines is 2. The van der Waals surface area contributed by atoms with Gasteiger partial charge in [-0.25, -0.2) is 0 Å². The van der Waals surface area contributed by atoms with Crippen molar-refractivity contribution >= 4 is 23.2 Å². The van der Waals surface area contributed by atoms with E-state index in [0.29, 0.717) is 19.0 Å². The van der Waals surface area contributed by atoms with Gasteiger partial charge in [-0.15, -0.1) is 0 Å². The topological polar surface area (TPSA) is 64.7 Å². The van der Waals surface area contributed by atoms with E-state index in [2.05, 4.69) is 46.7 Å². The largest absolute Gasteiger partial charge is 0.371 e. The van der Waals surface area contributed by atoms with Crippen molar-refractivity contribution in [2.75, 3.05) is 42.9 Å². The molecule has 1 heterocycles. The summed E-state index contributed by atoms with van der Waals surface area (Å²) in [5.41, 5.74) is 2.01. The highest BCUT2D eigenvalue weighted by molar-refractivity contribution is 5.94. The van der Waals surface area contributed by atoms with Crippen molar-refractivity contribution in [3.63, 3.8) is 0 Å². The highest BCUT2D eigenvalue weighted by Gasteiger charge is 2.25. The normalized spacial score (nSPS) is 16.9. The molecule has 6 nitrogen and oxygen atoms in total. The lowest BCUT2D eigenvalue weighted by Crippen LogP contribution is -2.47. The van der Waals surface area contributed by atoms with Gasteiger partial charge in [0.15, 0.2) is 0 Å². The molecule has 2 amide bonds. The van der Waals surface area contributed by atoms with E-state index in [1.165, 1.54) is 5.69 Å². The Labute approximate surface area is 185 Å². The monoisotopic (exact) mass is 422 g/mol. The third-order valence-corrected chi connectivity index (χ3v) is 5.82. The van der Waals surface area contributed by atoms with Gasteiger partial charge in [0.2, 0.25) is 11.8 Å². The van der Waals surface area contributed by atoms with Crippen molar-refractivity contribution < 1.29 is 9.59 Å². The molecule has 0 aliphatic carbocycles. The highest BCUT2D eigenvalue weighted by atomic mass is 16.2. The Bertz CT molecular complexity index is 828. The molecule has 1 aliphatic heterocycles. The number of hydrogen-bond acceptors (Lipinski definition) is 4. The Hall–Kier alpha value is -2.86. The quantitative estimate of drug-likeness (QED) is 0.616. The Morgan fingerprint density at radius 1 is 1.10 bits per heavy atom. The van der Waals surface area contributed by atoms with Gasteiger partial charge in [0.05, 0.1) is 12.6 Å². The van der Waals surface area contributed by atoms with E-state index in [4.69, 9.17) is 0 Å². The molecule has 0 radical (unpaired) electrons. The average molecular weight is 423 g/mol. The van der Waals surface area contributed by atoms with Crippen LogP contribution in [-0.4, -0.2) is 55.5 Å². The van der Waals surface area contributed by atoms with Crippen molar-refractivity contribution in [3.8, 4) is 0 Å². The van der Waals surface area contributed by atoms with Gasteiger partial charge in [-0.3, -0.25) is 14.5 Å². The number of nitrogens with zero attached hydrogens (tertiary/aromatic N) is 2. The SMILES string of the molecule is CCCN(CC(=O)NCC1CCN(c2ccccc2)C1)C(C)C(=O)Nc1ccccc1. The fraction of sp³-hybridized carbons (Fsp3) is 0.440. The molecule has 1 aliphatic rings. The molecule has 6 heteroatoms. The molecule has 1 fully saturated rings. The van der Waals surface area contributed by atoms with Gasteiger partial charge >= 0.3 is 0 Å². The lowest BCUT2D eigenvalue weighted by Gasteiger charge is -2.27. The number of nitrogens with one attached hydrogen (secondary N) is 2. The van der Waals surface area contributed by atoms with E-state index in [9.17, 15) is 9.59 Å². The van der Waals surface area contributed by atoms with Crippen molar-refractivity contribution in [2.45, 2.75) is 32.7 Å². The minimum Gasteiger partial charge on any atom is -0.371 e. The summed E-state index contributed by atoms with van der Waals surface area (Å²) >= 11 is 0. The standard InChI is InChI=1S/C25H34N4O2/c1-3-15-28(20(2)25(31)27-22-10-6-4-7-11-22)19-24(30)26-17-21-14-16-29(18-21)23-12-8-5-9-13-23/h4-13,20-21H,3,14-19H2,1-2H3,(H,26,30)(H,27,31). The van der Waals surface area contributed by atoms with E-state index < -0.39 is 0 Å². The lowest BCUT2D eigenvalue weighted by molar-refractivity contribution is -0.125. The van der Waals surface area contributed by atoms with Gasteiger partial charge in [-0.05, 0) is 56.5 Å². The van der Waals surface area contributed by atoms with Crippen LogP contribution in [0.15, 0.2) is 60.7 Å². The van der Waals surface area contributed by atoms with Crippen LogP contribution in [0.5, 0.6) is 0 Å². The fourth-order valence-corrected chi connectivity index (χ4v) is 4.00. The Morgan fingerprint density at radius 3 is 2.45 bits per heavy atom. The summed E-state index contributed by atoms with van der Waals surface area (Å²) in [6.07, 6.45) is 1.95. The second-order valence-electron chi connectivity index (χ2n) is 8.24. The van der Waals surface area contributed by atoms with Gasteiger partial charge in [0, 0.05) is 31.0 Å². The van der Waals surface area contributed by atoms with Gasteiger partial charge in [-0.1, -0.05) is 43.3 Å². The first kappa shape index (κ1) is 22.8. The van der Waals surface area contributed by atoms with E-state index in [-0.39, 0.29) is 24.4 Å².